The Bertz CT molecular complexity index is 3510. The van der Waals surface area contributed by atoms with Crippen molar-refractivity contribution in [3.63, 3.8) is 0 Å². The Hall–Kier alpha value is -6.76. The summed E-state index contributed by atoms with van der Waals surface area (Å²) < 4.78 is 0. The van der Waals surface area contributed by atoms with E-state index in [0.29, 0.717) is 90.5 Å². The van der Waals surface area contributed by atoms with Crippen LogP contribution in [-0.2, 0) is 65.6 Å². The summed E-state index contributed by atoms with van der Waals surface area (Å²) in [4.78, 5) is 151. The number of nitrogens with two attached hydrogens (primary N) is 4. The summed E-state index contributed by atoms with van der Waals surface area (Å²) in [5.41, 5.74) is 21.3. The van der Waals surface area contributed by atoms with Crippen molar-refractivity contribution < 1.29 is 57.5 Å². The summed E-state index contributed by atoms with van der Waals surface area (Å²) >= 11 is 0. The minimum Gasteiger partial charge on any atom is -0.356 e. The second kappa shape index (κ2) is 60.8. The number of carbonyl (C=O) groups excluding carboxylic acids is 12. The molecular formula is C109H199N11O12. The van der Waals surface area contributed by atoms with Gasteiger partial charge in [0.15, 0.2) is 28.9 Å². The molecule has 132 heavy (non-hydrogen) atoms. The van der Waals surface area contributed by atoms with Gasteiger partial charge in [0.1, 0.15) is 17.3 Å². The lowest BCUT2D eigenvalue weighted by atomic mass is 9.77. The fourth-order valence-electron chi connectivity index (χ4n) is 15.7. The zero-order valence-electron chi connectivity index (χ0n) is 90.7. The number of hydrogen-bond donors (Lipinski definition) is 11. The number of benzene rings is 2. The summed E-state index contributed by atoms with van der Waals surface area (Å²) in [6.07, 6.45) is 13.5. The number of nitrogens with one attached hydrogen (secondary N) is 7. The van der Waals surface area contributed by atoms with Crippen molar-refractivity contribution in [3.05, 3.63) is 71.8 Å². The molecule has 10 atom stereocenters. The highest BCUT2D eigenvalue weighted by atomic mass is 16.2. The van der Waals surface area contributed by atoms with Crippen molar-refractivity contribution in [2.45, 2.75) is 431 Å². The SMILES string of the molecule is CC(=O)NCCCC(NC(=O)C(CC(C)(C)C)C(C)C)C(=O)C(C)(C)C.CC(C)(C)NC(Cc1ccccc1)C(=O)CC(CCCCN)C(=O)C(C)(C)C.CC(C)(C)NC(Cc1ccccc1)C(=O)CC(CCCCN)C(=O)C(C)(C)C.CC(C)C(CC(C)(C)C)C(=O)NC(CCCNC(N)=O)C(=O)C(C)(C)C.CC(C)C(NC(C)(C)C)C(=O)CC(CCCCN)C(=O)C(C)(C)C. The van der Waals surface area contributed by atoms with Gasteiger partial charge in [-0.05, 0) is 212 Å². The van der Waals surface area contributed by atoms with Crippen LogP contribution in [0.5, 0.6) is 0 Å². The number of ketones is 8. The number of amides is 5. The number of rotatable bonds is 50. The molecule has 0 spiro atoms. The topological polar surface area (TPSA) is 393 Å². The number of hydrogen-bond acceptors (Lipinski definition) is 18. The van der Waals surface area contributed by atoms with E-state index in [1.165, 1.54) is 6.92 Å². The quantitative estimate of drug-likeness (QED) is 0.0274. The van der Waals surface area contributed by atoms with Crippen LogP contribution >= 0.6 is 0 Å². The number of carbonyl (C=O) groups is 12. The first-order valence-electron chi connectivity index (χ1n) is 49.7. The van der Waals surface area contributed by atoms with Gasteiger partial charge in [0, 0.05) is 113 Å². The fraction of sp³-hybridized carbons (Fsp3) is 0.780. The van der Waals surface area contributed by atoms with Gasteiger partial charge in [-0.15, -0.1) is 0 Å². The predicted molar refractivity (Wildman–Crippen MR) is 549 cm³/mol. The minimum atomic E-state index is -0.585. The maximum absolute atomic E-state index is 13.3. The molecule has 0 saturated carbocycles. The predicted octanol–water partition coefficient (Wildman–Crippen LogP) is 19.3. The molecule has 10 unspecified atom stereocenters. The molecule has 2 rings (SSSR count). The first-order valence-corrected chi connectivity index (χ1v) is 49.7. The van der Waals surface area contributed by atoms with Gasteiger partial charge in [-0.3, -0.25) is 52.7 Å². The van der Waals surface area contributed by atoms with Gasteiger partial charge in [-0.25, -0.2) is 4.79 Å². The average Bonchev–Trinajstić information content (AvgIpc) is 0.855. The van der Waals surface area contributed by atoms with Gasteiger partial charge >= 0.3 is 6.03 Å². The van der Waals surface area contributed by atoms with E-state index in [-0.39, 0.29) is 157 Å². The molecule has 0 heterocycles. The van der Waals surface area contributed by atoms with Crippen LogP contribution in [-0.4, -0.2) is 150 Å². The number of primary amides is 1. The summed E-state index contributed by atoms with van der Waals surface area (Å²) in [7, 11) is 0. The fourth-order valence-corrected chi connectivity index (χ4v) is 15.7. The van der Waals surface area contributed by atoms with Crippen LogP contribution < -0.4 is 60.2 Å². The molecule has 0 aliphatic rings. The van der Waals surface area contributed by atoms with Crippen molar-refractivity contribution >= 4 is 70.0 Å². The molecule has 0 aromatic heterocycles. The zero-order chi connectivity index (χ0) is 103. The van der Waals surface area contributed by atoms with Crippen molar-refractivity contribution in [1.29, 1.82) is 0 Å². The van der Waals surface area contributed by atoms with E-state index in [4.69, 9.17) is 22.9 Å². The smallest absolute Gasteiger partial charge is 0.312 e. The second-order valence-electron chi connectivity index (χ2n) is 48.8. The Kier molecular flexibility index (Phi) is 59.5. The Morgan fingerprint density at radius 3 is 0.818 bits per heavy atom. The van der Waals surface area contributed by atoms with Gasteiger partial charge in [-0.2, -0.15) is 0 Å². The van der Waals surface area contributed by atoms with Gasteiger partial charge in [0.25, 0.3) is 0 Å². The van der Waals surface area contributed by atoms with Crippen LogP contribution in [0.1, 0.15) is 383 Å². The molecule has 2 aromatic carbocycles. The Labute approximate surface area is 804 Å². The second-order valence-corrected chi connectivity index (χ2v) is 48.8. The summed E-state index contributed by atoms with van der Waals surface area (Å²) in [6.45, 7) is 76.4. The lowest BCUT2D eigenvalue weighted by molar-refractivity contribution is -0.135. The van der Waals surface area contributed by atoms with Crippen LogP contribution in [0.25, 0.3) is 0 Å². The van der Waals surface area contributed by atoms with Gasteiger partial charge in [0.05, 0.1) is 30.2 Å². The van der Waals surface area contributed by atoms with Gasteiger partial charge in [-0.1, -0.05) is 267 Å². The average molecular weight is 1860 g/mol. The van der Waals surface area contributed by atoms with Crippen molar-refractivity contribution in [2.75, 3.05) is 32.7 Å². The highest BCUT2D eigenvalue weighted by Gasteiger charge is 2.41. The maximum Gasteiger partial charge on any atom is 0.312 e. The van der Waals surface area contributed by atoms with Crippen LogP contribution in [0.4, 0.5) is 4.79 Å². The molecule has 762 valence electrons. The lowest BCUT2D eigenvalue weighted by Gasteiger charge is -2.32. The van der Waals surface area contributed by atoms with Crippen molar-refractivity contribution in [3.8, 4) is 0 Å². The lowest BCUT2D eigenvalue weighted by Crippen LogP contribution is -2.51. The normalized spacial score (nSPS) is 14.8. The molecule has 2 aromatic rings. The standard InChI is InChI=1S/2C24H40N2O2.C21H40N2O3.C20H39N3O3.C20H40N2O2/c2*1-23(2,3)22(28)19(14-10-11-15-25)17-21(27)20(26-24(4,5)6)16-18-12-8-7-9-13-18;1-14(2)16(13-20(4,5)6)19(26)23-17(18(25)21(7,8)9)11-10-12-22-15(3)24;1-13(2)14(12-19(3,4)5)17(25)23-15(16(24)20(6,7)8)10-9-11-22-18(21)26;1-14(2)17(22-20(6,7)8)16(23)13-15(11-9-10-12-21)18(24)19(3,4)5/h2*7-9,12-13,19-20,26H,10-11,14-17,25H2,1-6H3;14,16-17H,10-13H2,1-9H3,(H,22,24)(H,23,26);13-15H,9-12H2,1-8H3,(H,23,25)(H3,21,22,26);14-15,17,22H,9-13,21H2,1-8H3. The highest BCUT2D eigenvalue weighted by molar-refractivity contribution is 5.96. The summed E-state index contributed by atoms with van der Waals surface area (Å²) in [6, 6.07) is 17.6. The Balaban J connectivity index is -0.00000158. The first-order chi connectivity index (χ1) is 60.0. The third-order valence-electron chi connectivity index (χ3n) is 22.6. The Morgan fingerprint density at radius 2 is 0.591 bits per heavy atom. The Morgan fingerprint density at radius 1 is 0.318 bits per heavy atom. The molecule has 0 radical (unpaired) electrons. The summed E-state index contributed by atoms with van der Waals surface area (Å²) in [5.74, 6) is 0.412. The van der Waals surface area contributed by atoms with Crippen molar-refractivity contribution in [1.82, 2.24) is 37.2 Å². The van der Waals surface area contributed by atoms with Gasteiger partial charge < -0.3 is 60.2 Å². The van der Waals surface area contributed by atoms with Crippen LogP contribution in [0.2, 0.25) is 0 Å². The van der Waals surface area contributed by atoms with Crippen LogP contribution in [0, 0.1) is 85.2 Å². The third-order valence-corrected chi connectivity index (χ3v) is 22.6. The first kappa shape index (κ1) is 129. The molecule has 0 aliphatic carbocycles. The zero-order valence-corrected chi connectivity index (χ0v) is 90.7. The van der Waals surface area contributed by atoms with E-state index < -0.39 is 45.2 Å². The molecule has 0 fully saturated rings. The molecule has 15 N–H and O–H groups in total. The van der Waals surface area contributed by atoms with E-state index in [1.807, 2.05) is 192 Å². The molecule has 23 nitrogen and oxygen atoms in total. The maximum atomic E-state index is 13.3. The van der Waals surface area contributed by atoms with E-state index in [9.17, 15) is 57.5 Å². The molecule has 23 heteroatoms. The molecule has 0 saturated heterocycles. The van der Waals surface area contributed by atoms with E-state index >= 15 is 0 Å². The van der Waals surface area contributed by atoms with E-state index in [1.54, 1.807) is 0 Å². The van der Waals surface area contributed by atoms with E-state index in [2.05, 4.69) is 155 Å². The molecule has 0 bridgehead atoms. The number of urea groups is 1. The third kappa shape index (κ3) is 61.4. The molecule has 5 amide bonds. The monoisotopic (exact) mass is 1850 g/mol. The largest absolute Gasteiger partial charge is 0.356 e. The summed E-state index contributed by atoms with van der Waals surface area (Å²) in [5, 5.41) is 21.6. The van der Waals surface area contributed by atoms with Crippen LogP contribution in [0.15, 0.2) is 60.7 Å². The molecular weight excluding hydrogens is 1660 g/mol. The number of Topliss-reactive ketones (excluding diaryl/α,β-unsaturated/α-hetero) is 8. The van der Waals surface area contributed by atoms with Crippen molar-refractivity contribution in [2.24, 2.45) is 108 Å². The van der Waals surface area contributed by atoms with E-state index in [0.717, 1.165) is 81.8 Å². The van der Waals surface area contributed by atoms with Crippen LogP contribution in [0.3, 0.4) is 0 Å². The van der Waals surface area contributed by atoms with Gasteiger partial charge in [0.2, 0.25) is 17.7 Å². The molecule has 0 aliphatic heterocycles. The highest BCUT2D eigenvalue weighted by Crippen LogP contribution is 2.35. The minimum absolute atomic E-state index is 0.00295. The number of unbranched alkanes of at least 4 members (excludes halogenated alkanes) is 3.